The van der Waals surface area contributed by atoms with E-state index in [2.05, 4.69) is 0 Å². The lowest BCUT2D eigenvalue weighted by atomic mass is 10.3. The molecule has 0 heterocycles. The molecular weight excluding hydrogens is 200 g/mol. The molecule has 2 aliphatic carbocycles. The van der Waals surface area contributed by atoms with Gasteiger partial charge in [0, 0.05) is 16.0 Å². The van der Waals surface area contributed by atoms with E-state index in [0.717, 1.165) is 38.5 Å². The summed E-state index contributed by atoms with van der Waals surface area (Å²) in [7, 11) is -1.13. The van der Waals surface area contributed by atoms with Gasteiger partial charge in [0.15, 0.2) is 0 Å². The van der Waals surface area contributed by atoms with Gasteiger partial charge in [-0.1, -0.05) is 12.8 Å². The molecule has 0 spiro atoms. The molecular formula is C10H16O3S. The first kappa shape index (κ1) is 10.1. The van der Waals surface area contributed by atoms with Crippen molar-refractivity contribution in [2.24, 2.45) is 5.92 Å². The van der Waals surface area contributed by atoms with E-state index in [9.17, 15) is 9.00 Å². The minimum absolute atomic E-state index is 0.164. The SMILES string of the molecule is O=C(O)C(C1CC1)S(=O)C1CCCC1. The van der Waals surface area contributed by atoms with Crippen LogP contribution in [0.4, 0.5) is 0 Å². The number of rotatable bonds is 4. The first-order valence-electron chi connectivity index (χ1n) is 5.32. The lowest BCUT2D eigenvalue weighted by molar-refractivity contribution is -0.136. The van der Waals surface area contributed by atoms with Gasteiger partial charge in [-0.15, -0.1) is 0 Å². The van der Waals surface area contributed by atoms with Crippen LogP contribution in [-0.2, 0) is 15.6 Å². The van der Waals surface area contributed by atoms with Crippen LogP contribution in [0.5, 0.6) is 0 Å². The zero-order chi connectivity index (χ0) is 10.1. The maximum absolute atomic E-state index is 12.0. The van der Waals surface area contributed by atoms with E-state index in [4.69, 9.17) is 5.11 Å². The minimum atomic E-state index is -1.13. The van der Waals surface area contributed by atoms with Gasteiger partial charge in [-0.2, -0.15) is 0 Å². The predicted molar refractivity (Wildman–Crippen MR) is 54.5 cm³/mol. The number of carboxylic acid groups (broad SMARTS) is 1. The highest BCUT2D eigenvalue weighted by Gasteiger charge is 2.43. The summed E-state index contributed by atoms with van der Waals surface area (Å²) in [6, 6.07) is 0. The van der Waals surface area contributed by atoms with E-state index < -0.39 is 22.0 Å². The highest BCUT2D eigenvalue weighted by Crippen LogP contribution is 2.38. The standard InChI is InChI=1S/C10H16O3S/c11-10(12)9(7-5-6-7)14(13)8-3-1-2-4-8/h7-9H,1-6H2,(H,11,12). The molecule has 4 heteroatoms. The van der Waals surface area contributed by atoms with Crippen molar-refractivity contribution in [1.82, 2.24) is 0 Å². The molecule has 0 amide bonds. The van der Waals surface area contributed by atoms with Crippen LogP contribution in [0.3, 0.4) is 0 Å². The minimum Gasteiger partial charge on any atom is -0.480 e. The Morgan fingerprint density at radius 3 is 2.21 bits per heavy atom. The van der Waals surface area contributed by atoms with Crippen molar-refractivity contribution >= 4 is 16.8 Å². The number of aliphatic carboxylic acids is 1. The smallest absolute Gasteiger partial charge is 0.319 e. The second kappa shape index (κ2) is 4.01. The average molecular weight is 216 g/mol. The van der Waals surface area contributed by atoms with Crippen LogP contribution in [0.2, 0.25) is 0 Å². The summed E-state index contributed by atoms with van der Waals surface area (Å²) in [6.07, 6.45) is 6.07. The zero-order valence-corrected chi connectivity index (χ0v) is 8.96. The van der Waals surface area contributed by atoms with Crippen molar-refractivity contribution < 1.29 is 14.1 Å². The second-order valence-corrected chi connectivity index (χ2v) is 6.16. The van der Waals surface area contributed by atoms with Crippen LogP contribution in [0, 0.1) is 5.92 Å². The Bertz CT molecular complexity index is 254. The molecule has 80 valence electrons. The van der Waals surface area contributed by atoms with E-state index in [1.807, 2.05) is 0 Å². The quantitative estimate of drug-likeness (QED) is 0.775. The molecule has 2 rings (SSSR count). The third-order valence-corrected chi connectivity index (χ3v) is 5.39. The van der Waals surface area contributed by atoms with E-state index in [1.54, 1.807) is 0 Å². The Balaban J connectivity index is 2.02. The first-order valence-corrected chi connectivity index (χ1v) is 6.60. The molecule has 2 saturated carbocycles. The number of hydrogen-bond donors (Lipinski definition) is 1. The van der Waals surface area contributed by atoms with Crippen molar-refractivity contribution in [2.45, 2.75) is 49.0 Å². The van der Waals surface area contributed by atoms with Crippen LogP contribution < -0.4 is 0 Å². The molecule has 2 fully saturated rings. The van der Waals surface area contributed by atoms with Gasteiger partial charge in [0.2, 0.25) is 0 Å². The summed E-state index contributed by atoms with van der Waals surface area (Å²) in [5.74, 6) is -0.647. The van der Waals surface area contributed by atoms with Crippen LogP contribution in [0.15, 0.2) is 0 Å². The van der Waals surface area contributed by atoms with Crippen LogP contribution >= 0.6 is 0 Å². The van der Waals surface area contributed by atoms with Gasteiger partial charge in [0.05, 0.1) is 0 Å². The fourth-order valence-electron chi connectivity index (χ4n) is 2.22. The van der Waals surface area contributed by atoms with Gasteiger partial charge < -0.3 is 5.11 Å². The van der Waals surface area contributed by atoms with Crippen LogP contribution in [-0.4, -0.2) is 25.8 Å². The number of carboxylic acids is 1. The summed E-state index contributed by atoms with van der Waals surface area (Å²) >= 11 is 0. The fourth-order valence-corrected chi connectivity index (χ4v) is 4.28. The van der Waals surface area contributed by atoms with Crippen LogP contribution in [0.25, 0.3) is 0 Å². The third kappa shape index (κ3) is 2.00. The monoisotopic (exact) mass is 216 g/mol. The lowest BCUT2D eigenvalue weighted by Crippen LogP contribution is -2.33. The fraction of sp³-hybridized carbons (Fsp3) is 0.900. The maximum Gasteiger partial charge on any atom is 0.319 e. The van der Waals surface area contributed by atoms with E-state index in [-0.39, 0.29) is 11.2 Å². The Morgan fingerprint density at radius 2 is 1.79 bits per heavy atom. The molecule has 14 heavy (non-hydrogen) atoms. The van der Waals surface area contributed by atoms with Gasteiger partial charge in [-0.3, -0.25) is 9.00 Å². The molecule has 0 aromatic rings. The Morgan fingerprint density at radius 1 is 1.21 bits per heavy atom. The Kier molecular flexibility index (Phi) is 2.91. The average Bonchev–Trinajstić information content (AvgIpc) is 2.82. The normalized spacial score (nSPS) is 27.4. The summed E-state index contributed by atoms with van der Waals surface area (Å²) in [4.78, 5) is 11.0. The molecule has 0 bridgehead atoms. The molecule has 0 radical (unpaired) electrons. The van der Waals surface area contributed by atoms with E-state index in [0.29, 0.717) is 0 Å². The highest BCUT2D eigenvalue weighted by molar-refractivity contribution is 7.87. The number of carbonyl (C=O) groups is 1. The van der Waals surface area contributed by atoms with Gasteiger partial charge >= 0.3 is 5.97 Å². The summed E-state index contributed by atoms with van der Waals surface area (Å²) in [5.41, 5.74) is 0. The predicted octanol–water partition coefficient (Wildman–Crippen LogP) is 1.54. The van der Waals surface area contributed by atoms with E-state index in [1.165, 1.54) is 0 Å². The molecule has 2 aliphatic rings. The number of hydrogen-bond acceptors (Lipinski definition) is 2. The van der Waals surface area contributed by atoms with E-state index >= 15 is 0 Å². The topological polar surface area (TPSA) is 54.4 Å². The maximum atomic E-state index is 12.0. The van der Waals surface area contributed by atoms with Crippen molar-refractivity contribution in [3.63, 3.8) is 0 Å². The molecule has 0 aliphatic heterocycles. The van der Waals surface area contributed by atoms with Gasteiger partial charge in [-0.25, -0.2) is 0 Å². The third-order valence-electron chi connectivity index (χ3n) is 3.17. The zero-order valence-electron chi connectivity index (χ0n) is 8.15. The summed E-state index contributed by atoms with van der Waals surface area (Å²) in [6.45, 7) is 0. The molecule has 0 saturated heterocycles. The Labute approximate surface area is 86.3 Å². The van der Waals surface area contributed by atoms with Gasteiger partial charge in [-0.05, 0) is 31.6 Å². The van der Waals surface area contributed by atoms with Crippen LogP contribution in [0.1, 0.15) is 38.5 Å². The Hall–Kier alpha value is -0.380. The van der Waals surface area contributed by atoms with Gasteiger partial charge in [0.1, 0.15) is 5.25 Å². The molecule has 2 atom stereocenters. The first-order chi connectivity index (χ1) is 6.70. The van der Waals surface area contributed by atoms with Crippen molar-refractivity contribution in [1.29, 1.82) is 0 Å². The molecule has 1 N–H and O–H groups in total. The molecule has 0 aromatic carbocycles. The molecule has 3 nitrogen and oxygen atoms in total. The second-order valence-electron chi connectivity index (χ2n) is 4.33. The summed E-state index contributed by atoms with van der Waals surface area (Å²) < 4.78 is 12.0. The summed E-state index contributed by atoms with van der Waals surface area (Å²) in [5, 5.41) is 8.61. The van der Waals surface area contributed by atoms with Gasteiger partial charge in [0.25, 0.3) is 0 Å². The van der Waals surface area contributed by atoms with Crippen molar-refractivity contribution in [3.05, 3.63) is 0 Å². The lowest BCUT2D eigenvalue weighted by Gasteiger charge is -2.15. The van der Waals surface area contributed by atoms with Crippen molar-refractivity contribution in [2.75, 3.05) is 0 Å². The molecule has 0 aromatic heterocycles. The highest BCUT2D eigenvalue weighted by atomic mass is 32.2. The molecule has 2 unspecified atom stereocenters. The van der Waals surface area contributed by atoms with Crippen molar-refractivity contribution in [3.8, 4) is 0 Å². The largest absolute Gasteiger partial charge is 0.480 e.